The molecule has 0 bridgehead atoms. The Balaban J connectivity index is 1.84. The number of primary amides is 1. The van der Waals surface area contributed by atoms with Crippen LogP contribution < -0.4 is 5.73 Å². The molecular formula is C24H30N4O. The van der Waals surface area contributed by atoms with Crippen molar-refractivity contribution in [2.75, 3.05) is 14.1 Å². The maximum Gasteiger partial charge on any atom is 0.221 e. The maximum absolute atomic E-state index is 12.5. The predicted octanol–water partition coefficient (Wildman–Crippen LogP) is 3.89. The molecular weight excluding hydrogens is 360 g/mol. The van der Waals surface area contributed by atoms with Crippen molar-refractivity contribution in [3.8, 4) is 0 Å². The van der Waals surface area contributed by atoms with Gasteiger partial charge in [0.2, 0.25) is 5.91 Å². The summed E-state index contributed by atoms with van der Waals surface area (Å²) in [6, 6.07) is 16.7. The fourth-order valence-corrected chi connectivity index (χ4v) is 4.05. The average Bonchev–Trinajstić information content (AvgIpc) is 3.18. The minimum Gasteiger partial charge on any atom is -0.369 e. The lowest BCUT2D eigenvalue weighted by atomic mass is 9.78. The summed E-state index contributed by atoms with van der Waals surface area (Å²) < 4.78 is 0. The van der Waals surface area contributed by atoms with Crippen LogP contribution in [0, 0.1) is 5.92 Å². The first-order valence-corrected chi connectivity index (χ1v) is 10.0. The summed E-state index contributed by atoms with van der Waals surface area (Å²) in [6.45, 7) is 3.90. The Hall–Kier alpha value is -2.92. The van der Waals surface area contributed by atoms with Crippen molar-refractivity contribution < 1.29 is 4.79 Å². The lowest BCUT2D eigenvalue weighted by Gasteiger charge is -2.31. The van der Waals surface area contributed by atoms with Gasteiger partial charge in [-0.15, -0.1) is 6.58 Å². The number of nitrogens with two attached hydrogens (primary N) is 1. The van der Waals surface area contributed by atoms with Gasteiger partial charge in [0, 0.05) is 17.3 Å². The van der Waals surface area contributed by atoms with E-state index in [1.165, 1.54) is 5.56 Å². The molecule has 0 fully saturated rings. The molecule has 3 N–H and O–H groups in total. The summed E-state index contributed by atoms with van der Waals surface area (Å²) in [4.78, 5) is 14.7. The highest BCUT2D eigenvalue weighted by atomic mass is 16.1. The summed E-state index contributed by atoms with van der Waals surface area (Å²) in [5, 5.41) is 8.18. The van der Waals surface area contributed by atoms with E-state index in [0.717, 1.165) is 29.3 Å². The van der Waals surface area contributed by atoms with E-state index in [0.29, 0.717) is 6.42 Å². The third-order valence-electron chi connectivity index (χ3n) is 5.73. The number of H-pyrrole nitrogens is 1. The fraction of sp³-hybridized carbons (Fsp3) is 0.333. The molecule has 1 aromatic heterocycles. The van der Waals surface area contributed by atoms with Crippen LogP contribution in [0.2, 0.25) is 0 Å². The number of fused-ring (bicyclic) bond motifs is 1. The van der Waals surface area contributed by atoms with E-state index in [2.05, 4.69) is 66.1 Å². The standard InChI is InChI=1S/C24H30N4O/c1-4-8-21(18-9-6-5-7-10-18)22(24(25)29)15-20(28(2)3)14-17-11-12-23-19(13-17)16-26-27-23/h4-7,9-13,16,20-22H,1,8,14-15H2,2-3H3,(H2,25,29)(H,26,27)/t20-,21?,22?/m1/s1. The van der Waals surface area contributed by atoms with E-state index in [1.807, 2.05) is 30.5 Å². The van der Waals surface area contributed by atoms with Crippen molar-refractivity contribution in [1.82, 2.24) is 15.1 Å². The van der Waals surface area contributed by atoms with Crippen LogP contribution in [-0.4, -0.2) is 41.1 Å². The number of rotatable bonds is 10. The van der Waals surface area contributed by atoms with Crippen LogP contribution in [0.1, 0.15) is 29.9 Å². The second kappa shape index (κ2) is 9.52. The molecule has 3 atom stereocenters. The molecule has 1 heterocycles. The largest absolute Gasteiger partial charge is 0.369 e. The molecule has 2 unspecified atom stereocenters. The van der Waals surface area contributed by atoms with Crippen LogP contribution in [0.15, 0.2) is 67.4 Å². The van der Waals surface area contributed by atoms with E-state index < -0.39 is 0 Å². The number of benzene rings is 2. The second-order valence-electron chi connectivity index (χ2n) is 7.90. The van der Waals surface area contributed by atoms with Gasteiger partial charge in [0.15, 0.2) is 0 Å². The van der Waals surface area contributed by atoms with E-state index in [1.54, 1.807) is 0 Å². The van der Waals surface area contributed by atoms with Gasteiger partial charge in [-0.2, -0.15) is 5.10 Å². The third-order valence-corrected chi connectivity index (χ3v) is 5.73. The van der Waals surface area contributed by atoms with Gasteiger partial charge < -0.3 is 10.6 Å². The van der Waals surface area contributed by atoms with E-state index in [-0.39, 0.29) is 23.8 Å². The van der Waals surface area contributed by atoms with Gasteiger partial charge in [-0.25, -0.2) is 0 Å². The molecule has 0 saturated carbocycles. The van der Waals surface area contributed by atoms with Gasteiger partial charge in [0.05, 0.1) is 11.7 Å². The summed E-state index contributed by atoms with van der Waals surface area (Å²) in [6.07, 6.45) is 5.97. The Morgan fingerprint density at radius 3 is 2.66 bits per heavy atom. The van der Waals surface area contributed by atoms with Crippen molar-refractivity contribution in [2.24, 2.45) is 11.7 Å². The number of hydrogen-bond donors (Lipinski definition) is 2. The Morgan fingerprint density at radius 2 is 2.00 bits per heavy atom. The Kier molecular flexibility index (Phi) is 6.83. The molecule has 3 aromatic rings. The Bertz CT molecular complexity index is 948. The number of allylic oxidation sites excluding steroid dienone is 1. The van der Waals surface area contributed by atoms with Gasteiger partial charge in [0.25, 0.3) is 0 Å². The molecule has 5 heteroatoms. The summed E-state index contributed by atoms with van der Waals surface area (Å²) >= 11 is 0. The quantitative estimate of drug-likeness (QED) is 0.516. The monoisotopic (exact) mass is 390 g/mol. The Labute approximate surface area is 172 Å². The molecule has 0 aliphatic carbocycles. The van der Waals surface area contributed by atoms with Crippen LogP contribution in [0.5, 0.6) is 0 Å². The number of nitrogens with one attached hydrogen (secondary N) is 1. The zero-order valence-electron chi connectivity index (χ0n) is 17.2. The van der Waals surface area contributed by atoms with Crippen molar-refractivity contribution in [1.29, 1.82) is 0 Å². The van der Waals surface area contributed by atoms with Gasteiger partial charge >= 0.3 is 0 Å². The first-order valence-electron chi connectivity index (χ1n) is 10.0. The number of hydrogen-bond acceptors (Lipinski definition) is 3. The van der Waals surface area contributed by atoms with Crippen molar-refractivity contribution in [3.63, 3.8) is 0 Å². The first kappa shape index (κ1) is 20.8. The zero-order valence-corrected chi connectivity index (χ0v) is 17.2. The van der Waals surface area contributed by atoms with E-state index in [4.69, 9.17) is 5.73 Å². The van der Waals surface area contributed by atoms with Gasteiger partial charge in [-0.05, 0) is 62.5 Å². The average molecular weight is 391 g/mol. The van der Waals surface area contributed by atoms with Crippen LogP contribution >= 0.6 is 0 Å². The van der Waals surface area contributed by atoms with Gasteiger partial charge in [0.1, 0.15) is 0 Å². The normalized spacial score (nSPS) is 14.6. The fourth-order valence-electron chi connectivity index (χ4n) is 4.05. The molecule has 2 aromatic carbocycles. The highest BCUT2D eigenvalue weighted by Crippen LogP contribution is 2.33. The van der Waals surface area contributed by atoms with E-state index in [9.17, 15) is 4.79 Å². The molecule has 29 heavy (non-hydrogen) atoms. The topological polar surface area (TPSA) is 75.0 Å². The van der Waals surface area contributed by atoms with Crippen LogP contribution in [-0.2, 0) is 11.2 Å². The lowest BCUT2D eigenvalue weighted by molar-refractivity contribution is -0.123. The summed E-state index contributed by atoms with van der Waals surface area (Å²) in [7, 11) is 4.12. The smallest absolute Gasteiger partial charge is 0.221 e. The number of nitrogens with zero attached hydrogens (tertiary/aromatic N) is 2. The molecule has 0 aliphatic rings. The molecule has 0 radical (unpaired) electrons. The molecule has 5 nitrogen and oxygen atoms in total. The van der Waals surface area contributed by atoms with Crippen molar-refractivity contribution in [2.45, 2.75) is 31.2 Å². The SMILES string of the molecule is C=CCC(c1ccccc1)C(C[C@@H](Cc1ccc2[nH]ncc2c1)N(C)C)C(N)=O. The maximum atomic E-state index is 12.5. The third kappa shape index (κ3) is 5.12. The second-order valence-corrected chi connectivity index (χ2v) is 7.90. The number of likely N-dealkylation sites (N-methyl/N-ethyl adjacent to an activating group) is 1. The van der Waals surface area contributed by atoms with Crippen molar-refractivity contribution in [3.05, 3.63) is 78.5 Å². The minimum atomic E-state index is -0.263. The number of aromatic amines is 1. The molecule has 0 spiro atoms. The molecule has 0 aliphatic heterocycles. The van der Waals surface area contributed by atoms with Gasteiger partial charge in [-0.3, -0.25) is 9.89 Å². The number of carbonyl (C=O) groups excluding carboxylic acids is 1. The van der Waals surface area contributed by atoms with Crippen LogP contribution in [0.25, 0.3) is 10.9 Å². The minimum absolute atomic E-state index is 0.0324. The molecule has 3 rings (SSSR count). The predicted molar refractivity (Wildman–Crippen MR) is 119 cm³/mol. The highest BCUT2D eigenvalue weighted by Gasteiger charge is 2.30. The zero-order chi connectivity index (χ0) is 20.8. The molecule has 152 valence electrons. The number of carbonyl (C=O) groups is 1. The van der Waals surface area contributed by atoms with Crippen LogP contribution in [0.3, 0.4) is 0 Å². The van der Waals surface area contributed by atoms with Crippen molar-refractivity contribution >= 4 is 16.8 Å². The van der Waals surface area contributed by atoms with Crippen LogP contribution in [0.4, 0.5) is 0 Å². The Morgan fingerprint density at radius 1 is 1.24 bits per heavy atom. The number of aromatic nitrogens is 2. The summed E-state index contributed by atoms with van der Waals surface area (Å²) in [5.74, 6) is -0.483. The van der Waals surface area contributed by atoms with Gasteiger partial charge in [-0.1, -0.05) is 42.5 Å². The highest BCUT2D eigenvalue weighted by molar-refractivity contribution is 5.79. The first-order chi connectivity index (χ1) is 14.0. The summed E-state index contributed by atoms with van der Waals surface area (Å²) in [5.41, 5.74) is 9.29. The molecule has 0 saturated heterocycles. The van der Waals surface area contributed by atoms with E-state index >= 15 is 0 Å². The lowest BCUT2D eigenvalue weighted by Crippen LogP contribution is -2.38. The number of amides is 1. The molecule has 1 amide bonds.